The number of carbonyl (C=O) groups excluding carboxylic acids is 1. The lowest BCUT2D eigenvalue weighted by atomic mass is 9.80. The Balaban J connectivity index is 1.59. The molecule has 7 nitrogen and oxygen atoms in total. The molecule has 0 atom stereocenters. The average molecular weight is 376 g/mol. The Labute approximate surface area is 159 Å². The summed E-state index contributed by atoms with van der Waals surface area (Å²) in [6, 6.07) is 5.94. The van der Waals surface area contributed by atoms with Crippen LogP contribution in [-0.2, 0) is 15.0 Å². The minimum Gasteiger partial charge on any atom is -0.486 e. The van der Waals surface area contributed by atoms with E-state index in [0.717, 1.165) is 18.4 Å². The zero-order chi connectivity index (χ0) is 19.6. The van der Waals surface area contributed by atoms with E-state index in [1.165, 1.54) is 0 Å². The summed E-state index contributed by atoms with van der Waals surface area (Å²) in [5, 5.41) is 12.1. The lowest BCUT2D eigenvalue weighted by Gasteiger charge is -2.43. The second-order valence-electron chi connectivity index (χ2n) is 7.74. The predicted molar refractivity (Wildman–Crippen MR) is 100 cm³/mol. The van der Waals surface area contributed by atoms with Gasteiger partial charge < -0.3 is 19.9 Å². The molecule has 1 amide bonds. The summed E-state index contributed by atoms with van der Waals surface area (Å²) in [4.78, 5) is 25.7. The van der Waals surface area contributed by atoms with Gasteiger partial charge in [0.05, 0.1) is 12.0 Å². The van der Waals surface area contributed by atoms with Gasteiger partial charge in [-0.25, -0.2) is 0 Å². The molecule has 27 heavy (non-hydrogen) atoms. The molecule has 0 unspecified atom stereocenters. The normalized spacial score (nSPS) is 21.5. The van der Waals surface area contributed by atoms with E-state index >= 15 is 0 Å². The maximum atomic E-state index is 12.9. The van der Waals surface area contributed by atoms with Gasteiger partial charge in [-0.3, -0.25) is 14.5 Å². The molecule has 1 aromatic carbocycles. The summed E-state index contributed by atoms with van der Waals surface area (Å²) in [7, 11) is 0. The Morgan fingerprint density at radius 2 is 1.89 bits per heavy atom. The Kier molecular flexibility index (Phi) is 5.60. The van der Waals surface area contributed by atoms with Crippen LogP contribution in [0.25, 0.3) is 0 Å². The number of fused-ring (bicyclic) bond motifs is 1. The molecule has 0 radical (unpaired) electrons. The number of amides is 1. The van der Waals surface area contributed by atoms with Crippen molar-refractivity contribution in [3.8, 4) is 11.5 Å². The summed E-state index contributed by atoms with van der Waals surface area (Å²) in [6.45, 7) is 7.54. The van der Waals surface area contributed by atoms with Crippen molar-refractivity contribution in [2.24, 2.45) is 0 Å². The molecule has 2 aliphatic rings. The number of carbonyl (C=O) groups is 2. The molecular weight excluding hydrogens is 348 g/mol. The first-order valence-corrected chi connectivity index (χ1v) is 9.48. The third-order valence-corrected chi connectivity index (χ3v) is 5.54. The SMILES string of the molecule is CCN(CC(=O)O)C1CC(NC(=O)C(C)(C)c2ccc3c(c2)OCCO3)C1. The van der Waals surface area contributed by atoms with Crippen LogP contribution in [0.4, 0.5) is 0 Å². The highest BCUT2D eigenvalue weighted by molar-refractivity contribution is 5.87. The number of hydrogen-bond donors (Lipinski definition) is 2. The number of hydrogen-bond acceptors (Lipinski definition) is 5. The number of ether oxygens (including phenoxy) is 2. The molecule has 1 aliphatic heterocycles. The molecule has 0 aromatic heterocycles. The first-order valence-electron chi connectivity index (χ1n) is 9.48. The molecule has 1 aromatic rings. The number of likely N-dealkylation sites (N-methyl/N-ethyl adjacent to an activating group) is 1. The van der Waals surface area contributed by atoms with Crippen LogP contribution in [-0.4, -0.2) is 60.3 Å². The molecule has 0 bridgehead atoms. The van der Waals surface area contributed by atoms with Gasteiger partial charge in [-0.2, -0.15) is 0 Å². The van der Waals surface area contributed by atoms with Crippen molar-refractivity contribution in [3.05, 3.63) is 23.8 Å². The van der Waals surface area contributed by atoms with E-state index in [1.807, 2.05) is 43.9 Å². The van der Waals surface area contributed by atoms with Crippen molar-refractivity contribution >= 4 is 11.9 Å². The van der Waals surface area contributed by atoms with Crippen LogP contribution >= 0.6 is 0 Å². The number of nitrogens with one attached hydrogen (secondary N) is 1. The fraction of sp³-hybridized carbons (Fsp3) is 0.600. The molecule has 1 saturated carbocycles. The van der Waals surface area contributed by atoms with Gasteiger partial charge in [0.1, 0.15) is 13.2 Å². The maximum absolute atomic E-state index is 12.9. The van der Waals surface area contributed by atoms with Crippen LogP contribution in [0.15, 0.2) is 18.2 Å². The fourth-order valence-electron chi connectivity index (χ4n) is 3.61. The highest BCUT2D eigenvalue weighted by atomic mass is 16.6. The molecule has 0 spiro atoms. The topological polar surface area (TPSA) is 88.1 Å². The second kappa shape index (κ2) is 7.76. The minimum absolute atomic E-state index is 0.0380. The molecule has 1 fully saturated rings. The van der Waals surface area contributed by atoms with Gasteiger partial charge in [-0.05, 0) is 50.9 Å². The van der Waals surface area contributed by atoms with Gasteiger partial charge in [0.2, 0.25) is 5.91 Å². The quantitative estimate of drug-likeness (QED) is 0.754. The van der Waals surface area contributed by atoms with Gasteiger partial charge in [-0.1, -0.05) is 13.0 Å². The van der Waals surface area contributed by atoms with Gasteiger partial charge in [-0.15, -0.1) is 0 Å². The number of aliphatic carboxylic acids is 1. The predicted octanol–water partition coefficient (Wildman–Crippen LogP) is 1.79. The Hall–Kier alpha value is -2.28. The number of carboxylic acids is 1. The van der Waals surface area contributed by atoms with Crippen LogP contribution in [0, 0.1) is 0 Å². The highest BCUT2D eigenvalue weighted by Crippen LogP contribution is 2.36. The summed E-state index contributed by atoms with van der Waals surface area (Å²) in [6.07, 6.45) is 1.56. The van der Waals surface area contributed by atoms with Crippen molar-refractivity contribution in [1.29, 1.82) is 0 Å². The highest BCUT2D eigenvalue weighted by Gasteiger charge is 2.38. The zero-order valence-electron chi connectivity index (χ0n) is 16.2. The first kappa shape index (κ1) is 19.5. The molecular formula is C20H28N2O5. The Morgan fingerprint density at radius 3 is 2.52 bits per heavy atom. The molecule has 7 heteroatoms. The molecule has 1 aliphatic carbocycles. The first-order chi connectivity index (χ1) is 12.8. The fourth-order valence-corrected chi connectivity index (χ4v) is 3.61. The molecule has 1 heterocycles. The summed E-state index contributed by atoms with van der Waals surface area (Å²) in [5.41, 5.74) is 0.174. The average Bonchev–Trinajstić information content (AvgIpc) is 2.61. The van der Waals surface area contributed by atoms with Crippen LogP contribution in [0.2, 0.25) is 0 Å². The number of carboxylic acid groups (broad SMARTS) is 1. The summed E-state index contributed by atoms with van der Waals surface area (Å²) in [5.74, 6) is 0.532. The number of nitrogens with zero attached hydrogens (tertiary/aromatic N) is 1. The van der Waals surface area contributed by atoms with Crippen molar-refractivity contribution in [1.82, 2.24) is 10.2 Å². The van der Waals surface area contributed by atoms with Crippen LogP contribution < -0.4 is 14.8 Å². The standard InChI is InChI=1S/C20H28N2O5/c1-4-22(12-18(23)24)15-10-14(11-15)21-19(25)20(2,3)13-5-6-16-17(9-13)27-8-7-26-16/h5-6,9,14-15H,4,7-8,10-12H2,1-3H3,(H,21,25)(H,23,24). The van der Waals surface area contributed by atoms with Gasteiger partial charge in [0, 0.05) is 12.1 Å². The second-order valence-corrected chi connectivity index (χ2v) is 7.74. The zero-order valence-corrected chi connectivity index (χ0v) is 16.2. The van der Waals surface area contributed by atoms with Crippen molar-refractivity contribution in [2.75, 3.05) is 26.3 Å². The van der Waals surface area contributed by atoms with E-state index in [-0.39, 0.29) is 24.5 Å². The number of rotatable bonds is 7. The largest absolute Gasteiger partial charge is 0.486 e. The van der Waals surface area contributed by atoms with E-state index in [2.05, 4.69) is 5.32 Å². The summed E-state index contributed by atoms with van der Waals surface area (Å²) < 4.78 is 11.2. The van der Waals surface area contributed by atoms with E-state index in [1.54, 1.807) is 0 Å². The third kappa shape index (κ3) is 4.18. The van der Waals surface area contributed by atoms with Gasteiger partial charge >= 0.3 is 5.97 Å². The smallest absolute Gasteiger partial charge is 0.317 e. The maximum Gasteiger partial charge on any atom is 0.317 e. The van der Waals surface area contributed by atoms with Crippen molar-refractivity contribution in [2.45, 2.75) is 51.1 Å². The van der Waals surface area contributed by atoms with Crippen molar-refractivity contribution < 1.29 is 24.2 Å². The Morgan fingerprint density at radius 1 is 1.22 bits per heavy atom. The van der Waals surface area contributed by atoms with Crippen LogP contribution in [0.1, 0.15) is 39.2 Å². The number of benzene rings is 1. The van der Waals surface area contributed by atoms with Crippen LogP contribution in [0.5, 0.6) is 11.5 Å². The minimum atomic E-state index is -0.816. The van der Waals surface area contributed by atoms with E-state index < -0.39 is 11.4 Å². The third-order valence-electron chi connectivity index (χ3n) is 5.54. The van der Waals surface area contributed by atoms with Gasteiger partial charge in [0.15, 0.2) is 11.5 Å². The van der Waals surface area contributed by atoms with E-state index in [9.17, 15) is 9.59 Å². The molecule has 0 saturated heterocycles. The molecule has 148 valence electrons. The summed E-state index contributed by atoms with van der Waals surface area (Å²) >= 11 is 0. The van der Waals surface area contributed by atoms with Gasteiger partial charge in [0.25, 0.3) is 0 Å². The molecule has 3 rings (SSSR count). The van der Waals surface area contributed by atoms with E-state index in [4.69, 9.17) is 14.6 Å². The van der Waals surface area contributed by atoms with Crippen LogP contribution in [0.3, 0.4) is 0 Å². The monoisotopic (exact) mass is 376 g/mol. The van der Waals surface area contributed by atoms with Crippen molar-refractivity contribution in [3.63, 3.8) is 0 Å². The molecule has 2 N–H and O–H groups in total. The lowest BCUT2D eigenvalue weighted by molar-refractivity contribution is -0.140. The lowest BCUT2D eigenvalue weighted by Crippen LogP contribution is -2.57. The van der Waals surface area contributed by atoms with E-state index in [0.29, 0.717) is 31.3 Å². The Bertz CT molecular complexity index is 712.